The van der Waals surface area contributed by atoms with E-state index in [4.69, 9.17) is 0 Å². The third-order valence-electron chi connectivity index (χ3n) is 2.67. The largest absolute Gasteiger partial charge is 0.275 e. The third kappa shape index (κ3) is 1.62. The van der Waals surface area contributed by atoms with E-state index in [1.54, 1.807) is 24.5 Å². The van der Waals surface area contributed by atoms with Crippen LogP contribution in [0.5, 0.6) is 0 Å². The van der Waals surface area contributed by atoms with E-state index in [1.165, 1.54) is 12.3 Å². The second-order valence-electron chi connectivity index (χ2n) is 3.74. The van der Waals surface area contributed by atoms with Gasteiger partial charge < -0.3 is 0 Å². The first-order valence-electron chi connectivity index (χ1n) is 5.29. The van der Waals surface area contributed by atoms with E-state index in [9.17, 15) is 8.78 Å². The minimum absolute atomic E-state index is 0.0763. The van der Waals surface area contributed by atoms with Crippen molar-refractivity contribution in [3.05, 3.63) is 42.4 Å². The number of aromatic amines is 1. The monoisotopic (exact) mass is 246 g/mol. The maximum Gasteiger partial charge on any atom is 0.264 e. The van der Waals surface area contributed by atoms with E-state index in [0.717, 1.165) is 0 Å². The summed E-state index contributed by atoms with van der Waals surface area (Å²) in [6.07, 6.45) is 1.98. The minimum atomic E-state index is -2.57. The van der Waals surface area contributed by atoms with Crippen LogP contribution in [0, 0.1) is 0 Å². The van der Waals surface area contributed by atoms with Crippen molar-refractivity contribution in [1.82, 2.24) is 20.2 Å². The van der Waals surface area contributed by atoms with Crippen molar-refractivity contribution in [3.63, 3.8) is 0 Å². The molecule has 0 amide bonds. The second-order valence-corrected chi connectivity index (χ2v) is 3.74. The lowest BCUT2D eigenvalue weighted by molar-refractivity contribution is 0.153. The first-order chi connectivity index (χ1) is 8.77. The molecule has 3 heterocycles. The summed E-state index contributed by atoms with van der Waals surface area (Å²) in [6.45, 7) is 0. The maximum absolute atomic E-state index is 13.0. The van der Waals surface area contributed by atoms with Crippen molar-refractivity contribution < 1.29 is 8.78 Å². The van der Waals surface area contributed by atoms with Gasteiger partial charge in [-0.2, -0.15) is 5.10 Å². The molecule has 0 bridgehead atoms. The number of hydrogen-bond donors (Lipinski definition) is 1. The van der Waals surface area contributed by atoms with E-state index in [2.05, 4.69) is 20.2 Å². The number of H-pyrrole nitrogens is 1. The average molecular weight is 246 g/mol. The second kappa shape index (κ2) is 4.14. The summed E-state index contributed by atoms with van der Waals surface area (Å²) in [4.78, 5) is 7.94. The van der Waals surface area contributed by atoms with E-state index in [-0.39, 0.29) is 11.2 Å². The summed E-state index contributed by atoms with van der Waals surface area (Å²) in [5.74, 6) is 0. The molecule has 6 heteroatoms. The molecule has 3 aromatic heterocycles. The molecule has 1 N–H and O–H groups in total. The van der Waals surface area contributed by atoms with Gasteiger partial charge >= 0.3 is 0 Å². The number of alkyl halides is 2. The van der Waals surface area contributed by atoms with E-state index >= 15 is 0 Å². The quantitative estimate of drug-likeness (QED) is 0.756. The first-order valence-corrected chi connectivity index (χ1v) is 5.29. The molecule has 0 radical (unpaired) electrons. The molecule has 0 saturated carbocycles. The van der Waals surface area contributed by atoms with Crippen LogP contribution in [0.2, 0.25) is 0 Å². The zero-order valence-electron chi connectivity index (χ0n) is 9.14. The molecule has 0 aromatic carbocycles. The molecule has 0 saturated heterocycles. The highest BCUT2D eigenvalue weighted by Gasteiger charge is 2.18. The lowest BCUT2D eigenvalue weighted by Crippen LogP contribution is -1.89. The molecule has 0 spiro atoms. The number of halogens is 2. The Hall–Kier alpha value is -2.37. The van der Waals surface area contributed by atoms with Gasteiger partial charge in [-0.15, -0.1) is 0 Å². The Morgan fingerprint density at radius 1 is 1.17 bits per heavy atom. The highest BCUT2D eigenvalue weighted by Crippen LogP contribution is 2.32. The molecule has 3 aromatic rings. The molecule has 18 heavy (non-hydrogen) atoms. The van der Waals surface area contributed by atoms with Crippen molar-refractivity contribution >= 4 is 11.0 Å². The topological polar surface area (TPSA) is 54.5 Å². The lowest BCUT2D eigenvalue weighted by Gasteiger charge is -2.03. The molecule has 0 aliphatic rings. The third-order valence-corrected chi connectivity index (χ3v) is 2.67. The van der Waals surface area contributed by atoms with Crippen molar-refractivity contribution in [2.24, 2.45) is 0 Å². The summed E-state index contributed by atoms with van der Waals surface area (Å²) < 4.78 is 26.0. The van der Waals surface area contributed by atoms with Crippen LogP contribution in [-0.4, -0.2) is 20.2 Å². The van der Waals surface area contributed by atoms with Crippen LogP contribution < -0.4 is 0 Å². The van der Waals surface area contributed by atoms with E-state index < -0.39 is 6.43 Å². The lowest BCUT2D eigenvalue weighted by atomic mass is 10.1. The van der Waals surface area contributed by atoms with E-state index in [1.807, 2.05) is 0 Å². The van der Waals surface area contributed by atoms with Crippen molar-refractivity contribution in [2.45, 2.75) is 6.43 Å². The molecule has 4 nitrogen and oxygen atoms in total. The highest BCUT2D eigenvalue weighted by molar-refractivity contribution is 5.93. The number of nitrogens with one attached hydrogen (secondary N) is 1. The van der Waals surface area contributed by atoms with Gasteiger partial charge in [-0.1, -0.05) is 0 Å². The van der Waals surface area contributed by atoms with Crippen LogP contribution in [0.25, 0.3) is 22.3 Å². The van der Waals surface area contributed by atoms with Gasteiger partial charge in [0.1, 0.15) is 0 Å². The molecule has 90 valence electrons. The SMILES string of the molecule is FC(F)c1ccnc2n[nH]c(-c3cccnc3)c12. The molecule has 0 aliphatic carbocycles. The standard InChI is InChI=1S/C12H8F2N4/c13-11(14)8-3-5-16-12-9(8)10(17-18-12)7-2-1-4-15-6-7/h1-6,11H,(H,16,17,18). The summed E-state index contributed by atoms with van der Waals surface area (Å²) in [5, 5.41) is 7.03. The predicted octanol–water partition coefficient (Wildman–Crippen LogP) is 2.96. The molecular formula is C12H8F2N4. The van der Waals surface area contributed by atoms with Gasteiger partial charge in [0.05, 0.1) is 11.1 Å². The van der Waals surface area contributed by atoms with Crippen LogP contribution in [0.15, 0.2) is 36.8 Å². The fraction of sp³-hybridized carbons (Fsp3) is 0.0833. The Kier molecular flexibility index (Phi) is 2.47. The number of hydrogen-bond acceptors (Lipinski definition) is 3. The van der Waals surface area contributed by atoms with Crippen LogP contribution in [-0.2, 0) is 0 Å². The predicted molar refractivity (Wildman–Crippen MR) is 62.1 cm³/mol. The van der Waals surface area contributed by atoms with Gasteiger partial charge in [-0.3, -0.25) is 10.1 Å². The van der Waals surface area contributed by atoms with Crippen LogP contribution in [0.4, 0.5) is 8.78 Å². The Morgan fingerprint density at radius 2 is 2.06 bits per heavy atom. The number of aromatic nitrogens is 4. The zero-order chi connectivity index (χ0) is 12.5. The minimum Gasteiger partial charge on any atom is -0.275 e. The fourth-order valence-electron chi connectivity index (χ4n) is 1.87. The van der Waals surface area contributed by atoms with Crippen LogP contribution in [0.3, 0.4) is 0 Å². The van der Waals surface area contributed by atoms with Crippen molar-refractivity contribution in [3.8, 4) is 11.3 Å². The summed E-state index contributed by atoms with van der Waals surface area (Å²) >= 11 is 0. The zero-order valence-corrected chi connectivity index (χ0v) is 9.14. The van der Waals surface area contributed by atoms with Gasteiger partial charge in [-0.05, 0) is 18.2 Å². The van der Waals surface area contributed by atoms with Crippen molar-refractivity contribution in [2.75, 3.05) is 0 Å². The number of fused-ring (bicyclic) bond motifs is 1. The average Bonchev–Trinajstić information content (AvgIpc) is 2.83. The Labute approximate surface area is 101 Å². The van der Waals surface area contributed by atoms with Crippen molar-refractivity contribution in [1.29, 1.82) is 0 Å². The Morgan fingerprint density at radius 3 is 2.78 bits per heavy atom. The van der Waals surface area contributed by atoms with E-state index in [0.29, 0.717) is 16.6 Å². The maximum atomic E-state index is 13.0. The number of pyridine rings is 2. The molecule has 3 rings (SSSR count). The molecule has 0 aliphatic heterocycles. The molecule has 0 atom stereocenters. The Balaban J connectivity index is 2.31. The number of rotatable bonds is 2. The normalized spacial score (nSPS) is 11.3. The van der Waals surface area contributed by atoms with Gasteiger partial charge in [0, 0.05) is 29.7 Å². The first kappa shape index (κ1) is 10.8. The van der Waals surface area contributed by atoms with Crippen LogP contribution >= 0.6 is 0 Å². The smallest absolute Gasteiger partial charge is 0.264 e. The summed E-state index contributed by atoms with van der Waals surface area (Å²) in [5.41, 5.74) is 1.43. The number of nitrogens with zero attached hydrogens (tertiary/aromatic N) is 3. The summed E-state index contributed by atoms with van der Waals surface area (Å²) in [6, 6.07) is 4.82. The van der Waals surface area contributed by atoms with Gasteiger partial charge in [0.2, 0.25) is 0 Å². The molecule has 0 unspecified atom stereocenters. The van der Waals surface area contributed by atoms with Gasteiger partial charge in [-0.25, -0.2) is 13.8 Å². The fourth-order valence-corrected chi connectivity index (χ4v) is 1.87. The molecule has 0 fully saturated rings. The highest BCUT2D eigenvalue weighted by atomic mass is 19.3. The van der Waals surface area contributed by atoms with Gasteiger partial charge in [0.25, 0.3) is 6.43 Å². The van der Waals surface area contributed by atoms with Crippen LogP contribution in [0.1, 0.15) is 12.0 Å². The Bertz CT molecular complexity index is 679. The molecular weight excluding hydrogens is 238 g/mol. The summed E-state index contributed by atoms with van der Waals surface area (Å²) in [7, 11) is 0. The van der Waals surface area contributed by atoms with Gasteiger partial charge in [0.15, 0.2) is 5.65 Å².